The largest absolute Gasteiger partial charge is 0.508 e. The van der Waals surface area contributed by atoms with E-state index in [1.807, 2.05) is 29.2 Å². The zero-order valence-electron chi connectivity index (χ0n) is 14.7. The molecule has 0 unspecified atom stereocenters. The van der Waals surface area contributed by atoms with E-state index in [9.17, 15) is 9.90 Å². The Morgan fingerprint density at radius 2 is 1.74 bits per heavy atom. The molecule has 0 aliphatic carbocycles. The van der Waals surface area contributed by atoms with E-state index in [1.54, 1.807) is 28.9 Å². The molecule has 1 aliphatic heterocycles. The standard InChI is InChI=1S/C19H19N5O2S/c25-17-9-7-16(8-10-17)24-19(20-21-22-24)27-13-14-3-5-15(6-4-14)18(26)23-11-1-2-12-23/h3-10,25H,1-2,11-13H2. The number of carbonyl (C=O) groups is 1. The van der Waals surface area contributed by atoms with Gasteiger partial charge in [0.1, 0.15) is 5.75 Å². The van der Waals surface area contributed by atoms with Gasteiger partial charge in [0.15, 0.2) is 0 Å². The van der Waals surface area contributed by atoms with Crippen LogP contribution in [0.25, 0.3) is 5.69 Å². The van der Waals surface area contributed by atoms with E-state index in [0.717, 1.165) is 42.7 Å². The normalized spacial score (nSPS) is 13.9. The molecule has 4 rings (SSSR count). The van der Waals surface area contributed by atoms with Gasteiger partial charge in [0, 0.05) is 24.4 Å². The van der Waals surface area contributed by atoms with Crippen molar-refractivity contribution in [3.8, 4) is 11.4 Å². The Bertz CT molecular complexity index is 918. The molecule has 7 nitrogen and oxygen atoms in total. The first-order valence-electron chi connectivity index (χ1n) is 8.79. The number of thioether (sulfide) groups is 1. The first kappa shape index (κ1) is 17.5. The average Bonchev–Trinajstić information content (AvgIpc) is 3.39. The summed E-state index contributed by atoms with van der Waals surface area (Å²) >= 11 is 1.51. The summed E-state index contributed by atoms with van der Waals surface area (Å²) in [6.45, 7) is 1.71. The van der Waals surface area contributed by atoms with Crippen LogP contribution in [0.15, 0.2) is 53.7 Å². The smallest absolute Gasteiger partial charge is 0.253 e. The number of benzene rings is 2. The maximum absolute atomic E-state index is 12.4. The third-order valence-corrected chi connectivity index (χ3v) is 5.49. The van der Waals surface area contributed by atoms with Crippen molar-refractivity contribution < 1.29 is 9.90 Å². The number of phenols is 1. The van der Waals surface area contributed by atoms with Crippen molar-refractivity contribution in [2.24, 2.45) is 0 Å². The molecule has 1 aromatic heterocycles. The minimum Gasteiger partial charge on any atom is -0.508 e. The Morgan fingerprint density at radius 1 is 1.04 bits per heavy atom. The molecular weight excluding hydrogens is 362 g/mol. The summed E-state index contributed by atoms with van der Waals surface area (Å²) in [5, 5.41) is 21.9. The molecule has 1 N–H and O–H groups in total. The Morgan fingerprint density at radius 3 is 2.44 bits per heavy atom. The van der Waals surface area contributed by atoms with E-state index < -0.39 is 0 Å². The maximum Gasteiger partial charge on any atom is 0.253 e. The topological polar surface area (TPSA) is 84.1 Å². The Kier molecular flexibility index (Phi) is 5.06. The first-order valence-corrected chi connectivity index (χ1v) is 9.78. The van der Waals surface area contributed by atoms with Gasteiger partial charge in [-0.2, -0.15) is 4.68 Å². The Balaban J connectivity index is 1.41. The number of aromatic hydroxyl groups is 1. The lowest BCUT2D eigenvalue weighted by Crippen LogP contribution is -2.27. The van der Waals surface area contributed by atoms with Crippen molar-refractivity contribution in [3.63, 3.8) is 0 Å². The van der Waals surface area contributed by atoms with Gasteiger partial charge in [0.25, 0.3) is 5.91 Å². The van der Waals surface area contributed by atoms with Crippen LogP contribution in [-0.4, -0.2) is 49.2 Å². The summed E-state index contributed by atoms with van der Waals surface area (Å²) in [6.07, 6.45) is 2.19. The van der Waals surface area contributed by atoms with Crippen molar-refractivity contribution in [3.05, 3.63) is 59.7 Å². The lowest BCUT2D eigenvalue weighted by Gasteiger charge is -2.15. The van der Waals surface area contributed by atoms with Crippen LogP contribution in [0.4, 0.5) is 0 Å². The molecule has 2 aromatic carbocycles. The molecule has 0 saturated carbocycles. The van der Waals surface area contributed by atoms with Crippen LogP contribution < -0.4 is 0 Å². The fourth-order valence-corrected chi connectivity index (χ4v) is 3.87. The molecule has 1 aliphatic rings. The lowest BCUT2D eigenvalue weighted by molar-refractivity contribution is 0.0793. The molecule has 1 saturated heterocycles. The van der Waals surface area contributed by atoms with Crippen molar-refractivity contribution in [2.45, 2.75) is 23.8 Å². The number of hydrogen-bond donors (Lipinski definition) is 1. The molecular formula is C19H19N5O2S. The van der Waals surface area contributed by atoms with Gasteiger partial charge in [-0.15, -0.1) is 5.10 Å². The second kappa shape index (κ2) is 7.79. The molecule has 1 amide bonds. The molecule has 8 heteroatoms. The molecule has 0 atom stereocenters. The van der Waals surface area contributed by atoms with Crippen molar-refractivity contribution in [1.82, 2.24) is 25.1 Å². The highest BCUT2D eigenvalue weighted by Crippen LogP contribution is 2.24. The van der Waals surface area contributed by atoms with Gasteiger partial charge in [-0.25, -0.2) is 0 Å². The minimum absolute atomic E-state index is 0.114. The quantitative estimate of drug-likeness (QED) is 0.684. The van der Waals surface area contributed by atoms with Gasteiger partial charge in [0.2, 0.25) is 5.16 Å². The summed E-state index contributed by atoms with van der Waals surface area (Å²) in [5.41, 5.74) is 2.62. The van der Waals surface area contributed by atoms with Gasteiger partial charge in [-0.3, -0.25) is 4.79 Å². The molecule has 3 aromatic rings. The van der Waals surface area contributed by atoms with Crippen LogP contribution in [0.2, 0.25) is 0 Å². The fourth-order valence-electron chi connectivity index (χ4n) is 3.02. The number of amides is 1. The number of nitrogens with zero attached hydrogens (tertiary/aromatic N) is 5. The van der Waals surface area contributed by atoms with Gasteiger partial charge < -0.3 is 10.0 Å². The highest BCUT2D eigenvalue weighted by atomic mass is 32.2. The fraction of sp³-hybridized carbons (Fsp3) is 0.263. The number of likely N-dealkylation sites (tertiary alicyclic amines) is 1. The second-order valence-corrected chi connectivity index (χ2v) is 7.32. The van der Waals surface area contributed by atoms with Crippen LogP contribution in [0.3, 0.4) is 0 Å². The predicted molar refractivity (Wildman–Crippen MR) is 102 cm³/mol. The van der Waals surface area contributed by atoms with Gasteiger partial charge in [-0.05, 0) is 65.2 Å². The van der Waals surface area contributed by atoms with Crippen LogP contribution in [0.5, 0.6) is 5.75 Å². The molecule has 138 valence electrons. The van der Waals surface area contributed by atoms with Crippen molar-refractivity contribution in [1.29, 1.82) is 0 Å². The average molecular weight is 381 g/mol. The number of carbonyl (C=O) groups excluding carboxylic acids is 1. The van der Waals surface area contributed by atoms with Crippen LogP contribution in [0, 0.1) is 0 Å². The van der Waals surface area contributed by atoms with Crippen LogP contribution in [0.1, 0.15) is 28.8 Å². The second-order valence-electron chi connectivity index (χ2n) is 6.37. The summed E-state index contributed by atoms with van der Waals surface area (Å²) in [6, 6.07) is 14.4. The van der Waals surface area contributed by atoms with Gasteiger partial charge in [-0.1, -0.05) is 23.9 Å². The van der Waals surface area contributed by atoms with E-state index in [0.29, 0.717) is 10.9 Å². The Labute approximate surface area is 161 Å². The number of hydrogen-bond acceptors (Lipinski definition) is 6. The third-order valence-electron chi connectivity index (χ3n) is 4.50. The zero-order valence-corrected chi connectivity index (χ0v) is 15.5. The highest BCUT2D eigenvalue weighted by Gasteiger charge is 2.19. The van der Waals surface area contributed by atoms with E-state index in [-0.39, 0.29) is 11.7 Å². The van der Waals surface area contributed by atoms with Crippen LogP contribution >= 0.6 is 11.8 Å². The lowest BCUT2D eigenvalue weighted by atomic mass is 10.1. The third kappa shape index (κ3) is 3.95. The van der Waals surface area contributed by atoms with E-state index in [1.165, 1.54) is 11.8 Å². The first-order chi connectivity index (χ1) is 13.2. The van der Waals surface area contributed by atoms with Gasteiger partial charge >= 0.3 is 0 Å². The molecule has 0 spiro atoms. The number of rotatable bonds is 5. The summed E-state index contributed by atoms with van der Waals surface area (Å²) in [4.78, 5) is 14.3. The van der Waals surface area contributed by atoms with E-state index in [4.69, 9.17) is 0 Å². The molecule has 27 heavy (non-hydrogen) atoms. The molecule has 0 radical (unpaired) electrons. The van der Waals surface area contributed by atoms with Gasteiger partial charge in [0.05, 0.1) is 5.69 Å². The summed E-state index contributed by atoms with van der Waals surface area (Å²) in [5.74, 6) is 1.00. The molecule has 2 heterocycles. The predicted octanol–water partition coefficient (Wildman–Crippen LogP) is 2.90. The number of tetrazole rings is 1. The molecule has 1 fully saturated rings. The van der Waals surface area contributed by atoms with E-state index >= 15 is 0 Å². The Hall–Kier alpha value is -2.87. The number of aromatic nitrogens is 4. The monoisotopic (exact) mass is 381 g/mol. The molecule has 0 bridgehead atoms. The van der Waals surface area contributed by atoms with Crippen molar-refractivity contribution >= 4 is 17.7 Å². The van der Waals surface area contributed by atoms with Crippen molar-refractivity contribution in [2.75, 3.05) is 13.1 Å². The van der Waals surface area contributed by atoms with E-state index in [2.05, 4.69) is 15.5 Å². The zero-order chi connectivity index (χ0) is 18.6. The minimum atomic E-state index is 0.114. The maximum atomic E-state index is 12.4. The summed E-state index contributed by atoms with van der Waals surface area (Å²) < 4.78 is 1.63. The number of phenolic OH excluding ortho intramolecular Hbond substituents is 1. The van der Waals surface area contributed by atoms with Crippen LogP contribution in [-0.2, 0) is 5.75 Å². The SMILES string of the molecule is O=C(c1ccc(CSc2nnnn2-c2ccc(O)cc2)cc1)N1CCCC1. The highest BCUT2D eigenvalue weighted by molar-refractivity contribution is 7.98. The summed E-state index contributed by atoms with van der Waals surface area (Å²) in [7, 11) is 0.